The molecule has 1 aliphatic carbocycles. The van der Waals surface area contributed by atoms with Crippen LogP contribution in [-0.2, 0) is 15.1 Å². The molecule has 0 saturated heterocycles. The second kappa shape index (κ2) is 6.08. The van der Waals surface area contributed by atoms with Gasteiger partial charge in [0.15, 0.2) is 6.10 Å². The number of hydrogen-bond donors (Lipinski definition) is 2. The number of carboxylic acids is 1. The first-order valence-corrected chi connectivity index (χ1v) is 7.38. The highest BCUT2D eigenvalue weighted by Crippen LogP contribution is 2.41. The number of hydrogen-bond acceptors (Lipinski definition) is 4. The summed E-state index contributed by atoms with van der Waals surface area (Å²) in [6.07, 6.45) is 1.18. The second-order valence-electron chi connectivity index (χ2n) is 6.58. The van der Waals surface area contributed by atoms with Crippen LogP contribution in [-0.4, -0.2) is 46.5 Å². The fourth-order valence-corrected chi connectivity index (χ4v) is 2.26. The number of carbonyl (C=O) groups excluding carboxylic acids is 1. The summed E-state index contributed by atoms with van der Waals surface area (Å²) in [4.78, 5) is 23.1. The molecule has 2 rings (SSSR count). The molecule has 1 unspecified atom stereocenters. The van der Waals surface area contributed by atoms with Gasteiger partial charge in [-0.15, -0.1) is 0 Å². The highest BCUT2D eigenvalue weighted by molar-refractivity contribution is 5.92. The Kier molecular flexibility index (Phi) is 4.55. The van der Waals surface area contributed by atoms with Crippen molar-refractivity contribution in [2.24, 2.45) is 0 Å². The maximum atomic E-state index is 12.2. The Morgan fingerprint density at radius 2 is 2.14 bits per heavy atom. The van der Waals surface area contributed by atoms with Crippen LogP contribution in [0.1, 0.15) is 55.7 Å². The molecule has 0 aliphatic heterocycles. The van der Waals surface area contributed by atoms with E-state index in [0.29, 0.717) is 11.6 Å². The summed E-state index contributed by atoms with van der Waals surface area (Å²) in [6.45, 7) is 6.03. The minimum absolute atomic E-state index is 0.0915. The maximum Gasteiger partial charge on any atom is 0.334 e. The molecule has 122 valence electrons. The first-order valence-electron chi connectivity index (χ1n) is 7.38. The zero-order chi connectivity index (χ0) is 16.5. The van der Waals surface area contributed by atoms with E-state index in [1.54, 1.807) is 6.07 Å². The number of carbonyl (C=O) groups is 2. The van der Waals surface area contributed by atoms with Gasteiger partial charge in [-0.3, -0.25) is 9.48 Å². The van der Waals surface area contributed by atoms with E-state index in [0.717, 1.165) is 18.5 Å². The van der Waals surface area contributed by atoms with Crippen LogP contribution in [0.2, 0.25) is 0 Å². The van der Waals surface area contributed by atoms with Crippen molar-refractivity contribution in [3.05, 3.63) is 17.5 Å². The first-order chi connectivity index (χ1) is 10.2. The van der Waals surface area contributed by atoms with Gasteiger partial charge in [0.1, 0.15) is 5.69 Å². The average Bonchev–Trinajstić information content (AvgIpc) is 3.15. The number of methoxy groups -OCH3 is 1. The SMILES string of the molecule is COC(CNC(=O)c1cc(C2CC2)n(C(C)(C)C)n1)C(=O)O. The van der Waals surface area contributed by atoms with Crippen molar-refractivity contribution in [2.75, 3.05) is 13.7 Å². The number of nitrogens with zero attached hydrogens (tertiary/aromatic N) is 2. The number of rotatable bonds is 6. The fraction of sp³-hybridized carbons (Fsp3) is 0.667. The maximum absolute atomic E-state index is 12.2. The molecule has 1 aromatic heterocycles. The van der Waals surface area contributed by atoms with Gasteiger partial charge in [0, 0.05) is 18.7 Å². The van der Waals surface area contributed by atoms with E-state index < -0.39 is 12.1 Å². The Morgan fingerprint density at radius 1 is 1.50 bits per heavy atom. The molecule has 0 spiro atoms. The summed E-state index contributed by atoms with van der Waals surface area (Å²) in [7, 11) is 1.30. The van der Waals surface area contributed by atoms with E-state index in [4.69, 9.17) is 9.84 Å². The minimum atomic E-state index is -1.11. The smallest absolute Gasteiger partial charge is 0.334 e. The molecule has 22 heavy (non-hydrogen) atoms. The number of amides is 1. The van der Waals surface area contributed by atoms with Crippen molar-refractivity contribution in [3.8, 4) is 0 Å². The molecule has 7 heteroatoms. The van der Waals surface area contributed by atoms with Crippen molar-refractivity contribution in [1.29, 1.82) is 0 Å². The Bertz CT molecular complexity index is 570. The molecule has 0 radical (unpaired) electrons. The van der Waals surface area contributed by atoms with Gasteiger partial charge in [-0.2, -0.15) is 5.10 Å². The van der Waals surface area contributed by atoms with E-state index in [1.807, 2.05) is 25.5 Å². The molecule has 2 N–H and O–H groups in total. The Labute approximate surface area is 129 Å². The lowest BCUT2D eigenvalue weighted by molar-refractivity contribution is -0.148. The van der Waals surface area contributed by atoms with Crippen LogP contribution in [0.4, 0.5) is 0 Å². The number of ether oxygens (including phenoxy) is 1. The van der Waals surface area contributed by atoms with E-state index >= 15 is 0 Å². The molecule has 7 nitrogen and oxygen atoms in total. The molecule has 1 saturated carbocycles. The zero-order valence-corrected chi connectivity index (χ0v) is 13.4. The van der Waals surface area contributed by atoms with E-state index in [-0.39, 0.29) is 18.0 Å². The normalized spacial score (nSPS) is 16.4. The molecule has 1 atom stereocenters. The van der Waals surface area contributed by atoms with Crippen LogP contribution in [0.5, 0.6) is 0 Å². The summed E-state index contributed by atoms with van der Waals surface area (Å²) in [5.74, 6) is -1.02. The van der Waals surface area contributed by atoms with Crippen molar-refractivity contribution >= 4 is 11.9 Å². The van der Waals surface area contributed by atoms with Crippen LogP contribution >= 0.6 is 0 Å². The van der Waals surface area contributed by atoms with Crippen molar-refractivity contribution in [2.45, 2.75) is 51.2 Å². The molecular weight excluding hydrogens is 286 g/mol. The molecule has 1 heterocycles. The second-order valence-corrected chi connectivity index (χ2v) is 6.58. The Morgan fingerprint density at radius 3 is 2.59 bits per heavy atom. The summed E-state index contributed by atoms with van der Waals surface area (Å²) >= 11 is 0. The number of nitrogens with one attached hydrogen (secondary N) is 1. The zero-order valence-electron chi connectivity index (χ0n) is 13.4. The summed E-state index contributed by atoms with van der Waals surface area (Å²) in [5.41, 5.74) is 1.18. The number of aromatic nitrogens is 2. The van der Waals surface area contributed by atoms with Crippen LogP contribution in [0.25, 0.3) is 0 Å². The minimum Gasteiger partial charge on any atom is -0.479 e. The van der Waals surface area contributed by atoms with E-state index in [9.17, 15) is 9.59 Å². The summed E-state index contributed by atoms with van der Waals surface area (Å²) < 4.78 is 6.68. The summed E-state index contributed by atoms with van der Waals surface area (Å²) in [5, 5.41) is 15.9. The van der Waals surface area contributed by atoms with Gasteiger partial charge in [0.2, 0.25) is 0 Å². The molecule has 1 aromatic rings. The van der Waals surface area contributed by atoms with Gasteiger partial charge in [-0.1, -0.05) is 0 Å². The van der Waals surface area contributed by atoms with Gasteiger partial charge in [0.05, 0.1) is 12.1 Å². The third kappa shape index (κ3) is 3.65. The quantitative estimate of drug-likeness (QED) is 0.827. The standard InChI is InChI=1S/C15H23N3O4/c1-15(2,3)18-11(9-5-6-9)7-10(17-18)13(19)16-8-12(22-4)14(20)21/h7,9,12H,5-6,8H2,1-4H3,(H,16,19)(H,20,21). The third-order valence-electron chi connectivity index (χ3n) is 3.61. The van der Waals surface area contributed by atoms with Gasteiger partial charge in [0.25, 0.3) is 5.91 Å². The van der Waals surface area contributed by atoms with Crippen molar-refractivity contribution < 1.29 is 19.4 Å². The molecule has 1 fully saturated rings. The van der Waals surface area contributed by atoms with Crippen molar-refractivity contribution in [3.63, 3.8) is 0 Å². The predicted octanol–water partition coefficient (Wildman–Crippen LogP) is 1.34. The molecule has 0 aromatic carbocycles. The first kappa shape index (κ1) is 16.5. The van der Waals surface area contributed by atoms with Crippen LogP contribution in [0.3, 0.4) is 0 Å². The predicted molar refractivity (Wildman–Crippen MR) is 80.0 cm³/mol. The number of aliphatic carboxylic acids is 1. The van der Waals surface area contributed by atoms with Crippen LogP contribution < -0.4 is 5.32 Å². The topological polar surface area (TPSA) is 93.5 Å². The lowest BCUT2D eigenvalue weighted by atomic mass is 10.1. The largest absolute Gasteiger partial charge is 0.479 e. The van der Waals surface area contributed by atoms with Crippen LogP contribution in [0.15, 0.2) is 6.07 Å². The average molecular weight is 309 g/mol. The highest BCUT2D eigenvalue weighted by atomic mass is 16.5. The van der Waals surface area contributed by atoms with Gasteiger partial charge in [-0.25, -0.2) is 4.79 Å². The lowest BCUT2D eigenvalue weighted by Crippen LogP contribution is -2.38. The fourth-order valence-electron chi connectivity index (χ4n) is 2.26. The van der Waals surface area contributed by atoms with Crippen molar-refractivity contribution in [1.82, 2.24) is 15.1 Å². The molecular formula is C15H23N3O4. The lowest BCUT2D eigenvalue weighted by Gasteiger charge is -2.22. The van der Waals surface area contributed by atoms with Gasteiger partial charge in [-0.05, 0) is 39.7 Å². The van der Waals surface area contributed by atoms with Crippen LogP contribution in [0, 0.1) is 0 Å². The third-order valence-corrected chi connectivity index (χ3v) is 3.61. The molecule has 0 bridgehead atoms. The molecule has 1 aliphatic rings. The Hall–Kier alpha value is -1.89. The van der Waals surface area contributed by atoms with E-state index in [2.05, 4.69) is 10.4 Å². The number of carboxylic acid groups (broad SMARTS) is 1. The monoisotopic (exact) mass is 309 g/mol. The Balaban J connectivity index is 2.12. The molecule has 1 amide bonds. The van der Waals surface area contributed by atoms with Gasteiger partial charge < -0.3 is 15.2 Å². The van der Waals surface area contributed by atoms with E-state index in [1.165, 1.54) is 7.11 Å². The summed E-state index contributed by atoms with van der Waals surface area (Å²) in [6, 6.07) is 1.81. The van der Waals surface area contributed by atoms with Gasteiger partial charge >= 0.3 is 5.97 Å². The highest BCUT2D eigenvalue weighted by Gasteiger charge is 2.32.